The molecule has 0 aliphatic carbocycles. The number of nitrogens with one attached hydrogen (secondary N) is 1. The Hall–Kier alpha value is -2.67. The summed E-state index contributed by atoms with van der Waals surface area (Å²) in [7, 11) is 1.70. The minimum absolute atomic E-state index is 0.0608. The largest absolute Gasteiger partial charge is 0.416 e. The van der Waals surface area contributed by atoms with Gasteiger partial charge in [-0.3, -0.25) is 14.5 Å². The molecular formula is C19H19F3N2O2. The van der Waals surface area contributed by atoms with Crippen molar-refractivity contribution in [1.29, 1.82) is 0 Å². The van der Waals surface area contributed by atoms with Crippen LogP contribution in [0.2, 0.25) is 0 Å². The first-order chi connectivity index (χ1) is 12.1. The summed E-state index contributed by atoms with van der Waals surface area (Å²) in [6.07, 6.45) is -4.36. The molecule has 138 valence electrons. The minimum atomic E-state index is -4.36. The van der Waals surface area contributed by atoms with Gasteiger partial charge in [0.1, 0.15) is 0 Å². The van der Waals surface area contributed by atoms with Crippen molar-refractivity contribution in [2.45, 2.75) is 19.6 Å². The predicted octanol–water partition coefficient (Wildman–Crippen LogP) is 3.98. The standard InChI is InChI=1S/C19H19F3N2O2/c1-13(25)15-4-3-5-17(10-15)23-18(26)12-24(2)11-14-6-8-16(9-7-14)19(20,21)22/h3-10H,11-12H2,1-2H3,(H,23,26). The van der Waals surface area contributed by atoms with Gasteiger partial charge in [-0.15, -0.1) is 0 Å². The molecule has 1 N–H and O–H groups in total. The zero-order valence-corrected chi connectivity index (χ0v) is 14.4. The average Bonchev–Trinajstić information content (AvgIpc) is 2.54. The number of likely N-dealkylation sites (N-methyl/N-ethyl adjacent to an activating group) is 1. The summed E-state index contributed by atoms with van der Waals surface area (Å²) < 4.78 is 37.7. The van der Waals surface area contributed by atoms with Crippen molar-refractivity contribution in [2.75, 3.05) is 18.9 Å². The van der Waals surface area contributed by atoms with E-state index >= 15 is 0 Å². The van der Waals surface area contributed by atoms with Crippen LogP contribution in [0.4, 0.5) is 18.9 Å². The van der Waals surface area contributed by atoms with Gasteiger partial charge in [0, 0.05) is 17.8 Å². The van der Waals surface area contributed by atoms with E-state index in [0.717, 1.165) is 12.1 Å². The van der Waals surface area contributed by atoms with Gasteiger partial charge in [0.15, 0.2) is 5.78 Å². The van der Waals surface area contributed by atoms with Crippen LogP contribution in [0.1, 0.15) is 28.4 Å². The molecule has 2 aromatic rings. The van der Waals surface area contributed by atoms with Crippen LogP contribution < -0.4 is 5.32 Å². The van der Waals surface area contributed by atoms with Crippen molar-refractivity contribution in [1.82, 2.24) is 4.90 Å². The summed E-state index contributed by atoms with van der Waals surface area (Å²) in [5.41, 5.74) is 0.991. The number of hydrogen-bond acceptors (Lipinski definition) is 3. The molecule has 0 aromatic heterocycles. The van der Waals surface area contributed by atoms with Crippen LogP contribution in [0, 0.1) is 0 Å². The van der Waals surface area contributed by atoms with Gasteiger partial charge >= 0.3 is 6.18 Å². The summed E-state index contributed by atoms with van der Waals surface area (Å²) >= 11 is 0. The van der Waals surface area contributed by atoms with Crippen molar-refractivity contribution in [3.8, 4) is 0 Å². The SMILES string of the molecule is CC(=O)c1cccc(NC(=O)CN(C)Cc2ccc(C(F)(F)F)cc2)c1. The van der Waals surface area contributed by atoms with E-state index in [9.17, 15) is 22.8 Å². The molecule has 0 saturated carbocycles. The Morgan fingerprint density at radius 2 is 1.73 bits per heavy atom. The monoisotopic (exact) mass is 364 g/mol. The summed E-state index contributed by atoms with van der Waals surface area (Å²) in [6.45, 7) is 1.84. The molecule has 0 aliphatic heterocycles. The van der Waals surface area contributed by atoms with E-state index in [2.05, 4.69) is 5.32 Å². The summed E-state index contributed by atoms with van der Waals surface area (Å²) in [5.74, 6) is -0.374. The van der Waals surface area contributed by atoms with Gasteiger partial charge in [0.25, 0.3) is 0 Å². The maximum Gasteiger partial charge on any atom is 0.416 e. The molecule has 7 heteroatoms. The summed E-state index contributed by atoms with van der Waals surface area (Å²) in [4.78, 5) is 25.1. The van der Waals surface area contributed by atoms with Crippen LogP contribution in [0.3, 0.4) is 0 Å². The van der Waals surface area contributed by atoms with Crippen molar-refractivity contribution in [3.05, 3.63) is 65.2 Å². The first-order valence-corrected chi connectivity index (χ1v) is 7.90. The van der Waals surface area contributed by atoms with Crippen molar-refractivity contribution < 1.29 is 22.8 Å². The van der Waals surface area contributed by atoms with Crippen LogP contribution in [0.5, 0.6) is 0 Å². The van der Waals surface area contributed by atoms with Gasteiger partial charge in [0.05, 0.1) is 12.1 Å². The lowest BCUT2D eigenvalue weighted by molar-refractivity contribution is -0.137. The van der Waals surface area contributed by atoms with Gasteiger partial charge in [-0.05, 0) is 43.8 Å². The Morgan fingerprint density at radius 1 is 1.08 bits per heavy atom. The van der Waals surface area contributed by atoms with E-state index in [0.29, 0.717) is 23.4 Å². The number of carbonyl (C=O) groups excluding carboxylic acids is 2. The molecule has 0 saturated heterocycles. The second-order valence-electron chi connectivity index (χ2n) is 6.05. The van der Waals surface area contributed by atoms with E-state index in [1.807, 2.05) is 0 Å². The fourth-order valence-corrected chi connectivity index (χ4v) is 2.43. The highest BCUT2D eigenvalue weighted by atomic mass is 19.4. The zero-order valence-electron chi connectivity index (χ0n) is 14.4. The third-order valence-corrected chi connectivity index (χ3v) is 3.70. The molecule has 2 aromatic carbocycles. The first kappa shape index (κ1) is 19.7. The highest BCUT2D eigenvalue weighted by molar-refractivity contribution is 5.97. The number of anilines is 1. The predicted molar refractivity (Wildman–Crippen MR) is 92.9 cm³/mol. The smallest absolute Gasteiger partial charge is 0.325 e. The molecule has 26 heavy (non-hydrogen) atoms. The van der Waals surface area contributed by atoms with Crippen molar-refractivity contribution in [3.63, 3.8) is 0 Å². The lowest BCUT2D eigenvalue weighted by atomic mass is 10.1. The molecule has 0 spiro atoms. The number of ketones is 1. The van der Waals surface area contributed by atoms with Gasteiger partial charge in [-0.25, -0.2) is 0 Å². The minimum Gasteiger partial charge on any atom is -0.325 e. The number of Topliss-reactive ketones (excluding diaryl/α,β-unsaturated/α-hetero) is 1. The number of benzene rings is 2. The third-order valence-electron chi connectivity index (χ3n) is 3.70. The maximum atomic E-state index is 12.6. The Labute approximate surface area is 149 Å². The van der Waals surface area contributed by atoms with E-state index in [4.69, 9.17) is 0 Å². The fraction of sp³-hybridized carbons (Fsp3) is 0.263. The van der Waals surface area contributed by atoms with Crippen molar-refractivity contribution in [2.24, 2.45) is 0 Å². The summed E-state index contributed by atoms with van der Waals surface area (Å²) in [5, 5.41) is 2.70. The van der Waals surface area contributed by atoms with E-state index in [-0.39, 0.29) is 18.2 Å². The molecule has 0 unspecified atom stereocenters. The quantitative estimate of drug-likeness (QED) is 0.789. The van der Waals surface area contributed by atoms with Crippen LogP contribution in [0.25, 0.3) is 0 Å². The molecule has 0 fully saturated rings. The molecule has 0 aliphatic rings. The third kappa shape index (κ3) is 5.70. The Morgan fingerprint density at radius 3 is 2.31 bits per heavy atom. The van der Waals surface area contributed by atoms with Crippen molar-refractivity contribution >= 4 is 17.4 Å². The number of carbonyl (C=O) groups is 2. The lowest BCUT2D eigenvalue weighted by Gasteiger charge is -2.17. The molecule has 0 atom stereocenters. The maximum absolute atomic E-state index is 12.6. The highest BCUT2D eigenvalue weighted by Crippen LogP contribution is 2.29. The van der Waals surface area contributed by atoms with Gasteiger partial charge < -0.3 is 5.32 Å². The molecule has 2 rings (SSSR count). The second-order valence-corrected chi connectivity index (χ2v) is 6.05. The number of rotatable bonds is 6. The first-order valence-electron chi connectivity index (χ1n) is 7.90. The summed E-state index contributed by atoms with van der Waals surface area (Å²) in [6, 6.07) is 11.5. The topological polar surface area (TPSA) is 49.4 Å². The number of nitrogens with zero attached hydrogens (tertiary/aromatic N) is 1. The lowest BCUT2D eigenvalue weighted by Crippen LogP contribution is -2.29. The van der Waals surface area contributed by atoms with Crippen LogP contribution in [0.15, 0.2) is 48.5 Å². The second kappa shape index (κ2) is 8.14. The van der Waals surface area contributed by atoms with Gasteiger partial charge in [-0.2, -0.15) is 13.2 Å². The average molecular weight is 364 g/mol. The number of amides is 1. The van der Waals surface area contributed by atoms with Gasteiger partial charge in [-0.1, -0.05) is 24.3 Å². The molecule has 1 amide bonds. The van der Waals surface area contributed by atoms with E-state index in [1.54, 1.807) is 36.2 Å². The van der Waals surface area contributed by atoms with Crippen LogP contribution >= 0.6 is 0 Å². The van der Waals surface area contributed by atoms with E-state index in [1.165, 1.54) is 19.1 Å². The zero-order chi connectivity index (χ0) is 19.3. The molecule has 0 radical (unpaired) electrons. The fourth-order valence-electron chi connectivity index (χ4n) is 2.43. The Kier molecular flexibility index (Phi) is 6.15. The molecule has 0 heterocycles. The Bertz CT molecular complexity index is 786. The number of alkyl halides is 3. The number of hydrogen-bond donors (Lipinski definition) is 1. The van der Waals surface area contributed by atoms with Crippen LogP contribution in [-0.4, -0.2) is 30.2 Å². The molecular weight excluding hydrogens is 345 g/mol. The molecule has 4 nitrogen and oxygen atoms in total. The molecule has 0 bridgehead atoms. The Balaban J connectivity index is 1.91. The van der Waals surface area contributed by atoms with Crippen LogP contribution in [-0.2, 0) is 17.5 Å². The van der Waals surface area contributed by atoms with E-state index < -0.39 is 11.7 Å². The highest BCUT2D eigenvalue weighted by Gasteiger charge is 2.29. The van der Waals surface area contributed by atoms with Gasteiger partial charge in [0.2, 0.25) is 5.91 Å². The normalized spacial score (nSPS) is 11.5. The number of halogens is 3.